The lowest BCUT2D eigenvalue weighted by Crippen LogP contribution is -2.50. The molecular weight excluding hydrogens is 414 g/mol. The van der Waals surface area contributed by atoms with Crippen LogP contribution in [0.15, 0.2) is 60.7 Å². The molecule has 6 heteroatoms. The number of carbonyl (C=O) groups is 1. The zero-order valence-electron chi connectivity index (χ0n) is 19.7. The molecule has 0 saturated carbocycles. The third-order valence-corrected chi connectivity index (χ3v) is 6.27. The second kappa shape index (κ2) is 9.86. The predicted octanol–water partition coefficient (Wildman–Crippen LogP) is 5.34. The summed E-state index contributed by atoms with van der Waals surface area (Å²) in [5.74, 6) is 1.53. The van der Waals surface area contributed by atoms with Crippen molar-refractivity contribution in [2.45, 2.75) is 13.8 Å². The molecule has 172 valence electrons. The second-order valence-corrected chi connectivity index (χ2v) is 8.26. The zero-order chi connectivity index (χ0) is 23.4. The zero-order valence-corrected chi connectivity index (χ0v) is 19.7. The van der Waals surface area contributed by atoms with Crippen LogP contribution in [0.2, 0.25) is 0 Å². The molecule has 0 aliphatic carbocycles. The van der Waals surface area contributed by atoms with E-state index in [1.165, 1.54) is 0 Å². The number of urea groups is 1. The first-order valence-electron chi connectivity index (χ1n) is 11.2. The van der Waals surface area contributed by atoms with Crippen LogP contribution >= 0.6 is 0 Å². The van der Waals surface area contributed by atoms with Crippen LogP contribution in [0.4, 0.5) is 16.2 Å². The summed E-state index contributed by atoms with van der Waals surface area (Å²) in [4.78, 5) is 17.2. The number of benzene rings is 3. The molecule has 0 atom stereocenters. The second-order valence-electron chi connectivity index (χ2n) is 8.26. The molecule has 0 spiro atoms. The number of ether oxygens (including phenoxy) is 2. The van der Waals surface area contributed by atoms with Gasteiger partial charge in [-0.25, -0.2) is 4.79 Å². The van der Waals surface area contributed by atoms with E-state index < -0.39 is 0 Å². The smallest absolute Gasteiger partial charge is 0.322 e. The van der Waals surface area contributed by atoms with Crippen LogP contribution in [0.5, 0.6) is 11.5 Å². The third-order valence-electron chi connectivity index (χ3n) is 6.27. The number of amides is 2. The highest BCUT2D eigenvalue weighted by molar-refractivity contribution is 5.91. The minimum absolute atomic E-state index is 0.103. The summed E-state index contributed by atoms with van der Waals surface area (Å²) in [5.41, 5.74) is 6.30. The fourth-order valence-corrected chi connectivity index (χ4v) is 4.25. The van der Waals surface area contributed by atoms with Crippen molar-refractivity contribution in [1.82, 2.24) is 4.90 Å². The van der Waals surface area contributed by atoms with Crippen molar-refractivity contribution < 1.29 is 14.3 Å². The number of carbonyl (C=O) groups excluding carboxylic acids is 1. The normalized spacial score (nSPS) is 13.6. The van der Waals surface area contributed by atoms with E-state index in [1.54, 1.807) is 14.2 Å². The molecule has 1 fully saturated rings. The van der Waals surface area contributed by atoms with Gasteiger partial charge in [-0.1, -0.05) is 36.4 Å². The molecular formula is C27H31N3O3. The Kier molecular flexibility index (Phi) is 6.73. The van der Waals surface area contributed by atoms with E-state index in [0.29, 0.717) is 24.5 Å². The van der Waals surface area contributed by atoms with Crippen molar-refractivity contribution in [3.8, 4) is 22.6 Å². The SMILES string of the molecule is COc1cc(C)c(C)cc1NC(=O)N1CCN(c2ccccc2-c2ccccc2OC)CC1. The minimum atomic E-state index is -0.103. The fraction of sp³-hybridized carbons (Fsp3) is 0.296. The molecule has 1 aliphatic rings. The lowest BCUT2D eigenvalue weighted by atomic mass is 10.0. The van der Waals surface area contributed by atoms with Crippen LogP contribution in [0, 0.1) is 13.8 Å². The lowest BCUT2D eigenvalue weighted by molar-refractivity contribution is 0.208. The Balaban J connectivity index is 1.47. The van der Waals surface area contributed by atoms with Crippen LogP contribution < -0.4 is 19.7 Å². The number of piperazine rings is 1. The van der Waals surface area contributed by atoms with Crippen LogP contribution in [0.3, 0.4) is 0 Å². The van der Waals surface area contributed by atoms with Gasteiger partial charge in [-0.05, 0) is 49.2 Å². The summed E-state index contributed by atoms with van der Waals surface area (Å²) >= 11 is 0. The summed E-state index contributed by atoms with van der Waals surface area (Å²) in [7, 11) is 3.32. The average molecular weight is 446 g/mol. The van der Waals surface area contributed by atoms with Crippen molar-refractivity contribution in [2.75, 3.05) is 50.6 Å². The van der Waals surface area contributed by atoms with Crippen LogP contribution in [0.25, 0.3) is 11.1 Å². The van der Waals surface area contributed by atoms with Crippen molar-refractivity contribution in [3.05, 3.63) is 71.8 Å². The predicted molar refractivity (Wildman–Crippen MR) is 134 cm³/mol. The monoisotopic (exact) mass is 445 g/mol. The lowest BCUT2D eigenvalue weighted by Gasteiger charge is -2.37. The van der Waals surface area contributed by atoms with E-state index in [9.17, 15) is 4.79 Å². The van der Waals surface area contributed by atoms with Gasteiger partial charge in [-0.15, -0.1) is 0 Å². The molecule has 0 aromatic heterocycles. The number of hydrogen-bond donors (Lipinski definition) is 1. The van der Waals surface area contributed by atoms with E-state index in [1.807, 2.05) is 55.1 Å². The Hall–Kier alpha value is -3.67. The minimum Gasteiger partial charge on any atom is -0.496 e. The standard InChI is InChI=1S/C27H31N3O3/c1-19-17-23(26(33-4)18-20(19)2)28-27(31)30-15-13-29(14-16-30)24-11-7-5-9-21(24)22-10-6-8-12-25(22)32-3/h5-12,17-18H,13-16H2,1-4H3,(H,28,31). The van der Waals surface area contributed by atoms with Crippen LogP contribution in [-0.4, -0.2) is 51.3 Å². The maximum absolute atomic E-state index is 13.0. The van der Waals surface area contributed by atoms with Gasteiger partial charge in [0.1, 0.15) is 11.5 Å². The molecule has 0 radical (unpaired) electrons. The number of nitrogens with one attached hydrogen (secondary N) is 1. The molecule has 6 nitrogen and oxygen atoms in total. The summed E-state index contributed by atoms with van der Waals surface area (Å²) in [6, 6.07) is 20.2. The van der Waals surface area contributed by atoms with Gasteiger partial charge in [0, 0.05) is 43.0 Å². The Morgan fingerprint density at radius 2 is 1.39 bits per heavy atom. The van der Waals surface area contributed by atoms with Crippen molar-refractivity contribution >= 4 is 17.4 Å². The maximum atomic E-state index is 13.0. The number of rotatable bonds is 5. The number of para-hydroxylation sites is 2. The first-order chi connectivity index (χ1) is 16.0. The van der Waals surface area contributed by atoms with Gasteiger partial charge in [-0.2, -0.15) is 0 Å². The first-order valence-corrected chi connectivity index (χ1v) is 11.2. The van der Waals surface area contributed by atoms with Crippen molar-refractivity contribution in [3.63, 3.8) is 0 Å². The molecule has 1 heterocycles. The molecule has 4 rings (SSSR count). The molecule has 3 aromatic rings. The number of anilines is 2. The molecule has 2 amide bonds. The Morgan fingerprint density at radius 3 is 2.09 bits per heavy atom. The largest absolute Gasteiger partial charge is 0.496 e. The van der Waals surface area contributed by atoms with Gasteiger partial charge in [0.15, 0.2) is 0 Å². The van der Waals surface area contributed by atoms with Crippen molar-refractivity contribution in [1.29, 1.82) is 0 Å². The summed E-state index contributed by atoms with van der Waals surface area (Å²) < 4.78 is 11.1. The van der Waals surface area contributed by atoms with E-state index in [0.717, 1.165) is 46.8 Å². The molecule has 33 heavy (non-hydrogen) atoms. The van der Waals surface area contributed by atoms with E-state index >= 15 is 0 Å². The quantitative estimate of drug-likeness (QED) is 0.576. The highest BCUT2D eigenvalue weighted by atomic mass is 16.5. The average Bonchev–Trinajstić information content (AvgIpc) is 2.86. The fourth-order valence-electron chi connectivity index (χ4n) is 4.25. The molecule has 0 bridgehead atoms. The number of aryl methyl sites for hydroxylation is 2. The van der Waals surface area contributed by atoms with Crippen molar-refractivity contribution in [2.24, 2.45) is 0 Å². The third kappa shape index (κ3) is 4.75. The maximum Gasteiger partial charge on any atom is 0.322 e. The highest BCUT2D eigenvalue weighted by Gasteiger charge is 2.24. The number of methoxy groups -OCH3 is 2. The molecule has 1 saturated heterocycles. The van der Waals surface area contributed by atoms with Gasteiger partial charge >= 0.3 is 6.03 Å². The Bertz CT molecular complexity index is 1140. The molecule has 3 aromatic carbocycles. The summed E-state index contributed by atoms with van der Waals surface area (Å²) in [6.45, 7) is 6.85. The Labute approximate surface area is 195 Å². The summed E-state index contributed by atoms with van der Waals surface area (Å²) in [6.07, 6.45) is 0. The highest BCUT2D eigenvalue weighted by Crippen LogP contribution is 2.37. The van der Waals surface area contributed by atoms with E-state index in [2.05, 4.69) is 34.5 Å². The number of hydrogen-bond acceptors (Lipinski definition) is 4. The van der Waals surface area contributed by atoms with Crippen LogP contribution in [-0.2, 0) is 0 Å². The number of nitrogens with zero attached hydrogens (tertiary/aromatic N) is 2. The van der Waals surface area contributed by atoms with E-state index in [-0.39, 0.29) is 6.03 Å². The van der Waals surface area contributed by atoms with E-state index in [4.69, 9.17) is 9.47 Å². The van der Waals surface area contributed by atoms with Crippen LogP contribution in [0.1, 0.15) is 11.1 Å². The van der Waals surface area contributed by atoms with Gasteiger partial charge in [0.25, 0.3) is 0 Å². The topological polar surface area (TPSA) is 54.0 Å². The molecule has 1 N–H and O–H groups in total. The molecule has 0 unspecified atom stereocenters. The summed E-state index contributed by atoms with van der Waals surface area (Å²) in [5, 5.41) is 3.03. The first kappa shape index (κ1) is 22.5. The van der Waals surface area contributed by atoms with Gasteiger partial charge in [-0.3, -0.25) is 0 Å². The van der Waals surface area contributed by atoms with Gasteiger partial charge < -0.3 is 24.6 Å². The molecule has 1 aliphatic heterocycles. The van der Waals surface area contributed by atoms with Gasteiger partial charge in [0.05, 0.1) is 19.9 Å². The van der Waals surface area contributed by atoms with Gasteiger partial charge in [0.2, 0.25) is 0 Å². The Morgan fingerprint density at radius 1 is 0.788 bits per heavy atom.